The van der Waals surface area contributed by atoms with Gasteiger partial charge in [0, 0.05) is 73.5 Å². The highest BCUT2D eigenvalue weighted by Gasteiger charge is 2.24. The van der Waals surface area contributed by atoms with Crippen molar-refractivity contribution in [2.24, 2.45) is 7.05 Å². The first-order valence-corrected chi connectivity index (χ1v) is 15.2. The van der Waals surface area contributed by atoms with Crippen molar-refractivity contribution < 1.29 is 23.0 Å². The molecule has 0 aliphatic carbocycles. The summed E-state index contributed by atoms with van der Waals surface area (Å²) in [5.41, 5.74) is 1.93. The number of rotatable bonds is 11. The van der Waals surface area contributed by atoms with E-state index in [4.69, 9.17) is 4.74 Å². The number of nitro groups is 1. The molecule has 0 radical (unpaired) electrons. The van der Waals surface area contributed by atoms with Crippen LogP contribution in [0.5, 0.6) is 5.75 Å². The van der Waals surface area contributed by atoms with Crippen molar-refractivity contribution in [3.63, 3.8) is 0 Å². The van der Waals surface area contributed by atoms with Gasteiger partial charge in [-0.15, -0.1) is 0 Å². The lowest BCUT2D eigenvalue weighted by molar-refractivity contribution is -0.384. The lowest BCUT2D eigenvalue weighted by Crippen LogP contribution is -2.29. The number of aryl methyl sites for hydroxylation is 1. The van der Waals surface area contributed by atoms with Gasteiger partial charge in [0.15, 0.2) is 5.75 Å². The molecule has 0 saturated heterocycles. The Morgan fingerprint density at radius 1 is 1.15 bits per heavy atom. The molecule has 218 valence electrons. The van der Waals surface area contributed by atoms with Gasteiger partial charge < -0.3 is 29.0 Å². The zero-order chi connectivity index (χ0) is 30.1. The molecule has 0 amide bonds. The number of nitrogens with one attached hydrogen (secondary N) is 1. The quantitative estimate of drug-likeness (QED) is 0.145. The highest BCUT2D eigenvalue weighted by molar-refractivity contribution is 7.70. The van der Waals surface area contributed by atoms with Gasteiger partial charge in [0.25, 0.3) is 5.69 Å². The molecular formula is C27H32F2N7O4P. The number of anilines is 3. The van der Waals surface area contributed by atoms with E-state index in [0.717, 1.165) is 27.8 Å². The molecule has 2 aromatic heterocycles. The van der Waals surface area contributed by atoms with Gasteiger partial charge in [-0.3, -0.25) is 10.1 Å². The Balaban J connectivity index is 1.74. The van der Waals surface area contributed by atoms with E-state index in [0.29, 0.717) is 18.8 Å². The van der Waals surface area contributed by atoms with E-state index in [9.17, 15) is 23.5 Å². The molecule has 11 nitrogen and oxygen atoms in total. The Bertz CT molecular complexity index is 1640. The summed E-state index contributed by atoms with van der Waals surface area (Å²) in [6.45, 7) is 1.27. The minimum Gasteiger partial charge on any atom is -0.433 e. The van der Waals surface area contributed by atoms with E-state index in [1.165, 1.54) is 12.3 Å². The number of fused-ring (bicyclic) bond motifs is 1. The Kier molecular flexibility index (Phi) is 8.60. The molecule has 4 aromatic rings. The second-order valence-corrected chi connectivity index (χ2v) is 13.5. The molecule has 0 unspecified atom stereocenters. The molecule has 2 heterocycles. The maximum atomic E-state index is 13.4. The average Bonchev–Trinajstić information content (AvgIpc) is 3.23. The lowest BCUT2D eigenvalue weighted by atomic mass is 10.1. The number of nitrogens with zero attached hydrogens (tertiary/aromatic N) is 6. The average molecular weight is 588 g/mol. The van der Waals surface area contributed by atoms with Crippen molar-refractivity contribution in [3.05, 3.63) is 58.9 Å². The number of halogens is 2. The van der Waals surface area contributed by atoms with Crippen LogP contribution in [0, 0.1) is 10.1 Å². The van der Waals surface area contributed by atoms with Crippen LogP contribution in [0.1, 0.15) is 0 Å². The lowest BCUT2D eigenvalue weighted by Gasteiger charge is -2.23. The van der Waals surface area contributed by atoms with Crippen LogP contribution in [-0.2, 0) is 11.6 Å². The highest BCUT2D eigenvalue weighted by atomic mass is 31.2. The number of hydrogen-bond acceptors (Lipinski definition) is 9. The van der Waals surface area contributed by atoms with Crippen molar-refractivity contribution in [2.75, 3.05) is 57.8 Å². The molecule has 0 aliphatic heterocycles. The Morgan fingerprint density at radius 3 is 2.51 bits per heavy atom. The van der Waals surface area contributed by atoms with Crippen LogP contribution >= 0.6 is 7.14 Å². The molecule has 0 fully saturated rings. The Hall–Kier alpha value is -4.09. The molecule has 14 heteroatoms. The largest absolute Gasteiger partial charge is 0.433 e. The van der Waals surface area contributed by atoms with Crippen LogP contribution in [0.25, 0.3) is 22.2 Å². The second kappa shape index (κ2) is 11.8. The van der Waals surface area contributed by atoms with Crippen molar-refractivity contribution in [1.29, 1.82) is 0 Å². The van der Waals surface area contributed by atoms with Crippen LogP contribution in [0.4, 0.5) is 31.8 Å². The van der Waals surface area contributed by atoms with Gasteiger partial charge in [0.1, 0.15) is 12.8 Å². The van der Waals surface area contributed by atoms with Crippen molar-refractivity contribution in [1.82, 2.24) is 19.4 Å². The third-order valence-electron chi connectivity index (χ3n) is 6.56. The summed E-state index contributed by atoms with van der Waals surface area (Å²) in [5.74, 6) is -0.252. The summed E-state index contributed by atoms with van der Waals surface area (Å²) in [5, 5.41) is 16.4. The number of benzene rings is 2. The third kappa shape index (κ3) is 6.80. The van der Waals surface area contributed by atoms with Crippen LogP contribution in [-0.4, -0.2) is 78.5 Å². The van der Waals surface area contributed by atoms with Gasteiger partial charge in [-0.05, 0) is 39.6 Å². The predicted octanol–water partition coefficient (Wildman–Crippen LogP) is 5.13. The van der Waals surface area contributed by atoms with Gasteiger partial charge in [-0.1, -0.05) is 12.1 Å². The molecule has 4 rings (SSSR count). The first kappa shape index (κ1) is 29.9. The summed E-state index contributed by atoms with van der Waals surface area (Å²) in [7, 11) is 4.77. The van der Waals surface area contributed by atoms with E-state index in [2.05, 4.69) is 15.3 Å². The number of ether oxygens (including phenoxy) is 1. The van der Waals surface area contributed by atoms with Crippen molar-refractivity contribution in [3.8, 4) is 17.0 Å². The zero-order valence-corrected chi connectivity index (χ0v) is 24.5. The zero-order valence-electron chi connectivity index (χ0n) is 23.6. The van der Waals surface area contributed by atoms with Gasteiger partial charge in [-0.2, -0.15) is 8.78 Å². The van der Waals surface area contributed by atoms with E-state index < -0.39 is 18.7 Å². The van der Waals surface area contributed by atoms with Crippen LogP contribution in [0.15, 0.2) is 48.8 Å². The SMILES string of the molecule is CN(C)CCN(C)c1cc(OC(F)F)c(Nc2nccc(-c3cn(C)c4cc(P(C)(C)=O)ccc34)n2)cc1[N+](=O)[O-]. The normalized spacial score (nSPS) is 11.9. The molecule has 0 aliphatic rings. The summed E-state index contributed by atoms with van der Waals surface area (Å²) in [6, 6.07) is 9.66. The Labute approximate surface area is 236 Å². The molecule has 0 spiro atoms. The smallest absolute Gasteiger partial charge is 0.387 e. The fraction of sp³-hybridized carbons (Fsp3) is 0.333. The maximum Gasteiger partial charge on any atom is 0.387 e. The summed E-state index contributed by atoms with van der Waals surface area (Å²) in [6.07, 6.45) is 3.38. The number of likely N-dealkylation sites (N-methyl/N-ethyl adjacent to an activating group) is 2. The van der Waals surface area contributed by atoms with E-state index in [1.54, 1.807) is 31.3 Å². The monoisotopic (exact) mass is 587 g/mol. The molecular weight excluding hydrogens is 555 g/mol. The molecule has 0 atom stereocenters. The van der Waals surface area contributed by atoms with Crippen LogP contribution in [0.3, 0.4) is 0 Å². The predicted molar refractivity (Wildman–Crippen MR) is 158 cm³/mol. The minimum absolute atomic E-state index is 0.0323. The van der Waals surface area contributed by atoms with E-state index >= 15 is 0 Å². The molecule has 41 heavy (non-hydrogen) atoms. The second-order valence-electron chi connectivity index (χ2n) is 10.3. The van der Waals surface area contributed by atoms with E-state index in [1.807, 2.05) is 55.0 Å². The van der Waals surface area contributed by atoms with Gasteiger partial charge in [0.05, 0.1) is 16.3 Å². The first-order chi connectivity index (χ1) is 19.2. The third-order valence-corrected chi connectivity index (χ3v) is 8.08. The van der Waals surface area contributed by atoms with Crippen LogP contribution < -0.4 is 20.3 Å². The molecule has 2 aromatic carbocycles. The topological polar surface area (TPSA) is 119 Å². The highest BCUT2D eigenvalue weighted by Crippen LogP contribution is 2.40. The van der Waals surface area contributed by atoms with Crippen molar-refractivity contribution in [2.45, 2.75) is 6.61 Å². The molecule has 0 saturated carbocycles. The minimum atomic E-state index is -3.16. The maximum absolute atomic E-state index is 13.4. The number of alkyl halides is 2. The summed E-state index contributed by atoms with van der Waals surface area (Å²) in [4.78, 5) is 23.6. The van der Waals surface area contributed by atoms with Gasteiger partial charge >= 0.3 is 6.61 Å². The molecule has 0 bridgehead atoms. The molecule has 1 N–H and O–H groups in total. The fourth-order valence-electron chi connectivity index (χ4n) is 4.37. The van der Waals surface area contributed by atoms with Gasteiger partial charge in [0.2, 0.25) is 5.95 Å². The fourth-order valence-corrected chi connectivity index (χ4v) is 5.24. The first-order valence-electron chi connectivity index (χ1n) is 12.6. The van der Waals surface area contributed by atoms with E-state index in [-0.39, 0.29) is 28.8 Å². The number of aromatic nitrogens is 3. The number of hydrogen-bond donors (Lipinski definition) is 1. The van der Waals surface area contributed by atoms with Gasteiger partial charge in [-0.25, -0.2) is 9.97 Å². The summed E-state index contributed by atoms with van der Waals surface area (Å²) >= 11 is 0. The van der Waals surface area contributed by atoms with Crippen molar-refractivity contribution >= 4 is 46.4 Å². The number of nitro benzene ring substituents is 1. The standard InChI is InChI=1S/C27H32F2N7O4P/c1-33(2)11-12-34(3)23-15-25(40-26(28)29)21(14-24(23)36(37)38)32-27-30-10-9-20(31-27)19-16-35(4)22-13-17(41(5,6)39)7-8-18(19)22/h7-10,13-16,26H,11-12H2,1-6H3,(H,30,31,32). The Morgan fingerprint density at radius 2 is 1.88 bits per heavy atom. The summed E-state index contributed by atoms with van der Waals surface area (Å²) < 4.78 is 46.0. The van der Waals surface area contributed by atoms with Crippen LogP contribution in [0.2, 0.25) is 0 Å².